The average molecular weight is 250 g/mol. The minimum absolute atomic E-state index is 0.0585. The fourth-order valence-corrected chi connectivity index (χ4v) is 2.19. The Morgan fingerprint density at radius 2 is 1.83 bits per heavy atom. The first-order valence-corrected chi connectivity index (χ1v) is 6.03. The van der Waals surface area contributed by atoms with Crippen LogP contribution in [-0.2, 0) is 4.74 Å². The number of benzene rings is 1. The molecule has 4 heteroatoms. The second-order valence-electron chi connectivity index (χ2n) is 4.54. The summed E-state index contributed by atoms with van der Waals surface area (Å²) in [5.74, 6) is 1.29. The molecule has 2 rings (SSSR count). The number of hydrogen-bond donors (Lipinski definition) is 0. The van der Waals surface area contributed by atoms with Gasteiger partial charge in [0.15, 0.2) is 5.78 Å². The molecule has 1 aliphatic rings. The molecule has 1 fully saturated rings. The maximum atomic E-state index is 12.3. The first-order valence-electron chi connectivity index (χ1n) is 6.03. The van der Waals surface area contributed by atoms with Crippen molar-refractivity contribution in [2.24, 2.45) is 5.92 Å². The van der Waals surface area contributed by atoms with Crippen LogP contribution in [0.25, 0.3) is 0 Å². The Hall–Kier alpha value is -1.55. The smallest absolute Gasteiger partial charge is 0.168 e. The van der Waals surface area contributed by atoms with Gasteiger partial charge >= 0.3 is 0 Å². The predicted octanol–water partition coefficient (Wildman–Crippen LogP) is 2.31. The van der Waals surface area contributed by atoms with E-state index in [2.05, 4.69) is 0 Å². The molecule has 0 radical (unpaired) electrons. The number of ether oxygens (including phenoxy) is 3. The minimum Gasteiger partial charge on any atom is -0.497 e. The van der Waals surface area contributed by atoms with Crippen molar-refractivity contribution in [2.75, 3.05) is 20.8 Å². The molecule has 2 unspecified atom stereocenters. The molecule has 18 heavy (non-hydrogen) atoms. The SMILES string of the molecule is COc1cc(OC)cc(C(=O)C2COC(C)C2)c1. The highest BCUT2D eigenvalue weighted by Crippen LogP contribution is 2.28. The highest BCUT2D eigenvalue weighted by molar-refractivity contribution is 5.98. The number of ketones is 1. The Kier molecular flexibility index (Phi) is 3.87. The highest BCUT2D eigenvalue weighted by Gasteiger charge is 2.29. The number of carbonyl (C=O) groups excluding carboxylic acids is 1. The predicted molar refractivity (Wildman–Crippen MR) is 67.4 cm³/mol. The van der Waals surface area contributed by atoms with Gasteiger partial charge in [0.05, 0.1) is 26.9 Å². The lowest BCUT2D eigenvalue weighted by Crippen LogP contribution is -2.15. The van der Waals surface area contributed by atoms with Gasteiger partial charge in [0.2, 0.25) is 0 Å². The van der Waals surface area contributed by atoms with Gasteiger partial charge in [-0.3, -0.25) is 4.79 Å². The van der Waals surface area contributed by atoms with E-state index in [-0.39, 0.29) is 17.8 Å². The van der Waals surface area contributed by atoms with Crippen molar-refractivity contribution < 1.29 is 19.0 Å². The van der Waals surface area contributed by atoms with E-state index >= 15 is 0 Å². The molecule has 0 aromatic heterocycles. The molecule has 1 heterocycles. The standard InChI is InChI=1S/C14H18O4/c1-9-4-11(8-18-9)14(15)10-5-12(16-2)7-13(6-10)17-3/h5-7,9,11H,4,8H2,1-3H3. The van der Waals surface area contributed by atoms with Crippen LogP contribution in [0.5, 0.6) is 11.5 Å². The minimum atomic E-state index is -0.0585. The quantitative estimate of drug-likeness (QED) is 0.769. The Bertz CT molecular complexity index is 419. The van der Waals surface area contributed by atoms with E-state index in [4.69, 9.17) is 14.2 Å². The van der Waals surface area contributed by atoms with E-state index in [0.29, 0.717) is 23.7 Å². The first kappa shape index (κ1) is 12.9. The molecule has 4 nitrogen and oxygen atoms in total. The number of carbonyl (C=O) groups is 1. The molecular weight excluding hydrogens is 232 g/mol. The van der Waals surface area contributed by atoms with Gasteiger partial charge in [-0.05, 0) is 25.5 Å². The van der Waals surface area contributed by atoms with E-state index in [9.17, 15) is 4.79 Å². The lowest BCUT2D eigenvalue weighted by atomic mass is 9.95. The summed E-state index contributed by atoms with van der Waals surface area (Å²) < 4.78 is 15.8. The van der Waals surface area contributed by atoms with Crippen molar-refractivity contribution in [1.29, 1.82) is 0 Å². The van der Waals surface area contributed by atoms with Crippen LogP contribution in [0.1, 0.15) is 23.7 Å². The maximum absolute atomic E-state index is 12.3. The third kappa shape index (κ3) is 2.64. The topological polar surface area (TPSA) is 44.8 Å². The van der Waals surface area contributed by atoms with Crippen molar-refractivity contribution >= 4 is 5.78 Å². The van der Waals surface area contributed by atoms with Crippen molar-refractivity contribution in [1.82, 2.24) is 0 Å². The van der Waals surface area contributed by atoms with Gasteiger partial charge in [-0.2, -0.15) is 0 Å². The second kappa shape index (κ2) is 5.40. The Labute approximate surface area is 107 Å². The van der Waals surface area contributed by atoms with E-state index in [1.54, 1.807) is 32.4 Å². The van der Waals surface area contributed by atoms with E-state index in [0.717, 1.165) is 6.42 Å². The molecule has 0 spiro atoms. The molecule has 1 aliphatic heterocycles. The van der Waals surface area contributed by atoms with Crippen molar-refractivity contribution in [2.45, 2.75) is 19.4 Å². The van der Waals surface area contributed by atoms with Crippen molar-refractivity contribution in [3.63, 3.8) is 0 Å². The van der Waals surface area contributed by atoms with Crippen molar-refractivity contribution in [3.8, 4) is 11.5 Å². The van der Waals surface area contributed by atoms with Gasteiger partial charge in [0.25, 0.3) is 0 Å². The van der Waals surface area contributed by atoms with Gasteiger partial charge in [-0.1, -0.05) is 0 Å². The van der Waals surface area contributed by atoms with Gasteiger partial charge in [0, 0.05) is 17.5 Å². The zero-order valence-corrected chi connectivity index (χ0v) is 10.9. The summed E-state index contributed by atoms with van der Waals surface area (Å²) in [6.45, 7) is 2.49. The lowest BCUT2D eigenvalue weighted by Gasteiger charge is -2.10. The molecular formula is C14H18O4. The monoisotopic (exact) mass is 250 g/mol. The summed E-state index contributed by atoms with van der Waals surface area (Å²) in [4.78, 5) is 12.3. The summed E-state index contributed by atoms with van der Waals surface area (Å²) in [6, 6.07) is 5.24. The number of hydrogen-bond acceptors (Lipinski definition) is 4. The molecule has 0 bridgehead atoms. The van der Waals surface area contributed by atoms with Gasteiger partial charge in [0.1, 0.15) is 11.5 Å². The second-order valence-corrected chi connectivity index (χ2v) is 4.54. The lowest BCUT2D eigenvalue weighted by molar-refractivity contribution is 0.0877. The molecule has 0 N–H and O–H groups in total. The Morgan fingerprint density at radius 1 is 1.22 bits per heavy atom. The largest absolute Gasteiger partial charge is 0.497 e. The van der Waals surface area contributed by atoms with Crippen LogP contribution in [0.2, 0.25) is 0 Å². The third-order valence-corrected chi connectivity index (χ3v) is 3.21. The summed E-state index contributed by atoms with van der Waals surface area (Å²) in [5.41, 5.74) is 0.619. The Balaban J connectivity index is 2.24. The van der Waals surface area contributed by atoms with E-state index in [1.165, 1.54) is 0 Å². The Morgan fingerprint density at radius 3 is 2.28 bits per heavy atom. The van der Waals surface area contributed by atoms with Crippen LogP contribution < -0.4 is 9.47 Å². The zero-order valence-electron chi connectivity index (χ0n) is 10.9. The molecule has 1 aromatic carbocycles. The molecule has 0 saturated carbocycles. The van der Waals surface area contributed by atoms with Gasteiger partial charge < -0.3 is 14.2 Å². The molecule has 2 atom stereocenters. The van der Waals surface area contributed by atoms with Crippen LogP contribution in [0, 0.1) is 5.92 Å². The molecule has 0 aliphatic carbocycles. The number of Topliss-reactive ketones (excluding diaryl/α,β-unsaturated/α-hetero) is 1. The van der Waals surface area contributed by atoms with E-state index < -0.39 is 0 Å². The van der Waals surface area contributed by atoms with Gasteiger partial charge in [-0.25, -0.2) is 0 Å². The first-order chi connectivity index (χ1) is 8.63. The van der Waals surface area contributed by atoms with Gasteiger partial charge in [-0.15, -0.1) is 0 Å². The third-order valence-electron chi connectivity index (χ3n) is 3.21. The van der Waals surface area contributed by atoms with Crippen LogP contribution >= 0.6 is 0 Å². The summed E-state index contributed by atoms with van der Waals surface area (Å²) in [6.07, 6.45) is 0.935. The van der Waals surface area contributed by atoms with Crippen LogP contribution in [-0.4, -0.2) is 32.7 Å². The fraction of sp³-hybridized carbons (Fsp3) is 0.500. The molecule has 0 amide bonds. The van der Waals surface area contributed by atoms with Crippen LogP contribution in [0.15, 0.2) is 18.2 Å². The zero-order chi connectivity index (χ0) is 13.1. The molecule has 98 valence electrons. The van der Waals surface area contributed by atoms with E-state index in [1.807, 2.05) is 6.92 Å². The number of rotatable bonds is 4. The summed E-state index contributed by atoms with van der Waals surface area (Å²) >= 11 is 0. The summed E-state index contributed by atoms with van der Waals surface area (Å²) in [7, 11) is 3.15. The van der Waals surface area contributed by atoms with Crippen LogP contribution in [0.4, 0.5) is 0 Å². The average Bonchev–Trinajstić information content (AvgIpc) is 2.83. The van der Waals surface area contributed by atoms with Crippen LogP contribution in [0.3, 0.4) is 0 Å². The maximum Gasteiger partial charge on any atom is 0.168 e. The highest BCUT2D eigenvalue weighted by atomic mass is 16.5. The van der Waals surface area contributed by atoms with Crippen molar-refractivity contribution in [3.05, 3.63) is 23.8 Å². The molecule has 1 saturated heterocycles. The summed E-state index contributed by atoms with van der Waals surface area (Å²) in [5, 5.41) is 0. The fourth-order valence-electron chi connectivity index (χ4n) is 2.19. The number of methoxy groups -OCH3 is 2. The molecule has 1 aromatic rings. The normalized spacial score (nSPS) is 22.8.